The molecule has 2 aliphatic rings. The summed E-state index contributed by atoms with van der Waals surface area (Å²) in [7, 11) is -0.269. The van der Waals surface area contributed by atoms with Crippen molar-refractivity contribution in [2.45, 2.75) is 31.8 Å². The number of amides is 1. The number of carbonyl (C=O) groups is 1. The number of piperazine rings is 1. The largest absolute Gasteiger partial charge is 0.352 e. The van der Waals surface area contributed by atoms with Gasteiger partial charge in [0.2, 0.25) is 5.91 Å². The van der Waals surface area contributed by atoms with Crippen molar-refractivity contribution < 1.29 is 13.2 Å². The third-order valence-corrected chi connectivity index (χ3v) is 5.85. The lowest BCUT2D eigenvalue weighted by Gasteiger charge is -2.37. The van der Waals surface area contributed by atoms with Gasteiger partial charge in [-0.15, -0.1) is 0 Å². The van der Waals surface area contributed by atoms with E-state index in [-0.39, 0.29) is 11.9 Å². The highest BCUT2D eigenvalue weighted by atomic mass is 32.2. The Hall–Kier alpha value is -0.700. The molecule has 0 aromatic rings. The van der Waals surface area contributed by atoms with E-state index in [2.05, 4.69) is 5.32 Å². The molecule has 8 heteroatoms. The third-order valence-electron chi connectivity index (χ3n) is 3.91. The lowest BCUT2D eigenvalue weighted by atomic mass is 10.2. The second-order valence-electron chi connectivity index (χ2n) is 5.68. The smallest absolute Gasteiger partial charge is 0.281 e. The molecule has 2 fully saturated rings. The molecule has 1 saturated heterocycles. The minimum absolute atomic E-state index is 0.0522. The van der Waals surface area contributed by atoms with Gasteiger partial charge < -0.3 is 5.32 Å². The Balaban J connectivity index is 1.85. The van der Waals surface area contributed by atoms with E-state index in [1.54, 1.807) is 0 Å². The Kier molecular flexibility index (Phi) is 4.68. The summed E-state index contributed by atoms with van der Waals surface area (Å²) in [5.74, 6) is 0.0522. The highest BCUT2D eigenvalue weighted by Gasteiger charge is 2.33. The Morgan fingerprint density at radius 1 is 1.20 bits per heavy atom. The van der Waals surface area contributed by atoms with Crippen LogP contribution >= 0.6 is 0 Å². The Morgan fingerprint density at radius 3 is 2.20 bits per heavy atom. The van der Waals surface area contributed by atoms with Gasteiger partial charge in [-0.05, 0) is 19.8 Å². The minimum atomic E-state index is -3.34. The lowest BCUT2D eigenvalue weighted by molar-refractivity contribution is -0.126. The van der Waals surface area contributed by atoms with Crippen LogP contribution in [-0.2, 0) is 15.0 Å². The molecule has 1 N–H and O–H groups in total. The molecule has 1 aliphatic heterocycles. The summed E-state index contributed by atoms with van der Waals surface area (Å²) in [5.41, 5.74) is 0. The van der Waals surface area contributed by atoms with Crippen LogP contribution in [0.1, 0.15) is 19.8 Å². The van der Waals surface area contributed by atoms with E-state index in [1.165, 1.54) is 22.7 Å². The Labute approximate surface area is 121 Å². The lowest BCUT2D eigenvalue weighted by Crippen LogP contribution is -2.56. The van der Waals surface area contributed by atoms with Crippen molar-refractivity contribution in [2.24, 2.45) is 0 Å². The predicted molar refractivity (Wildman–Crippen MR) is 76.4 cm³/mol. The van der Waals surface area contributed by atoms with Crippen molar-refractivity contribution in [1.82, 2.24) is 18.8 Å². The van der Waals surface area contributed by atoms with E-state index in [0.717, 1.165) is 12.8 Å². The van der Waals surface area contributed by atoms with Crippen molar-refractivity contribution in [2.75, 3.05) is 40.3 Å². The molecule has 1 amide bonds. The molecule has 0 spiro atoms. The summed E-state index contributed by atoms with van der Waals surface area (Å²) in [6.45, 7) is 3.93. The van der Waals surface area contributed by atoms with Gasteiger partial charge in [-0.1, -0.05) is 0 Å². The molecule has 20 heavy (non-hydrogen) atoms. The summed E-state index contributed by atoms with van der Waals surface area (Å²) in [6, 6.07) is 0.167. The number of nitrogens with one attached hydrogen (secondary N) is 1. The zero-order valence-electron chi connectivity index (χ0n) is 12.4. The average Bonchev–Trinajstić information content (AvgIpc) is 3.21. The maximum Gasteiger partial charge on any atom is 0.281 e. The van der Waals surface area contributed by atoms with Gasteiger partial charge in [0.1, 0.15) is 0 Å². The first kappa shape index (κ1) is 15.7. The zero-order chi connectivity index (χ0) is 14.9. The first-order valence-electron chi connectivity index (χ1n) is 7.04. The molecule has 1 atom stereocenters. The van der Waals surface area contributed by atoms with Crippen LogP contribution in [0.25, 0.3) is 0 Å². The fourth-order valence-electron chi connectivity index (χ4n) is 2.27. The van der Waals surface area contributed by atoms with Gasteiger partial charge in [0, 0.05) is 46.3 Å². The summed E-state index contributed by atoms with van der Waals surface area (Å²) >= 11 is 0. The molecule has 1 aliphatic carbocycles. The normalized spacial score (nSPS) is 23.8. The number of hydrogen-bond donors (Lipinski definition) is 1. The van der Waals surface area contributed by atoms with Gasteiger partial charge in [0.05, 0.1) is 6.04 Å². The SMILES string of the molecule is CC(C(=O)NC1CC1)N1CCN(S(=O)(=O)N(C)C)CC1. The van der Waals surface area contributed by atoms with Crippen LogP contribution in [0.4, 0.5) is 0 Å². The standard InChI is InChI=1S/C12H24N4O3S/c1-10(12(17)13-11-4-5-11)15-6-8-16(9-7-15)20(18,19)14(2)3/h10-11H,4-9H2,1-3H3,(H,13,17). The maximum atomic E-state index is 12.0. The van der Waals surface area contributed by atoms with Crippen molar-refractivity contribution in [3.63, 3.8) is 0 Å². The second-order valence-corrected chi connectivity index (χ2v) is 7.83. The van der Waals surface area contributed by atoms with Crippen molar-refractivity contribution >= 4 is 16.1 Å². The molecule has 7 nitrogen and oxygen atoms in total. The quantitative estimate of drug-likeness (QED) is 0.713. The van der Waals surface area contributed by atoms with E-state index in [9.17, 15) is 13.2 Å². The summed E-state index contributed by atoms with van der Waals surface area (Å²) < 4.78 is 26.7. The van der Waals surface area contributed by atoms with Crippen LogP contribution in [0.15, 0.2) is 0 Å². The van der Waals surface area contributed by atoms with Crippen LogP contribution in [-0.4, -0.2) is 80.2 Å². The summed E-state index contributed by atoms with van der Waals surface area (Å²) in [4.78, 5) is 14.0. The fourth-order valence-corrected chi connectivity index (χ4v) is 3.35. The Bertz CT molecular complexity index is 453. The molecule has 1 saturated carbocycles. The average molecular weight is 304 g/mol. The van der Waals surface area contributed by atoms with E-state index < -0.39 is 10.2 Å². The van der Waals surface area contributed by atoms with Crippen molar-refractivity contribution in [1.29, 1.82) is 0 Å². The van der Waals surface area contributed by atoms with Crippen LogP contribution in [0.5, 0.6) is 0 Å². The first-order valence-corrected chi connectivity index (χ1v) is 8.44. The molecule has 0 aromatic heterocycles. The molecule has 0 bridgehead atoms. The van der Waals surface area contributed by atoms with E-state index in [1.807, 2.05) is 11.8 Å². The van der Waals surface area contributed by atoms with Gasteiger partial charge in [0.15, 0.2) is 0 Å². The van der Waals surface area contributed by atoms with Crippen LogP contribution in [0, 0.1) is 0 Å². The van der Waals surface area contributed by atoms with Gasteiger partial charge in [-0.3, -0.25) is 9.69 Å². The van der Waals surface area contributed by atoms with Crippen molar-refractivity contribution in [3.05, 3.63) is 0 Å². The molecular weight excluding hydrogens is 280 g/mol. The maximum absolute atomic E-state index is 12.0. The molecule has 0 radical (unpaired) electrons. The monoisotopic (exact) mass is 304 g/mol. The number of carbonyl (C=O) groups excluding carboxylic acids is 1. The minimum Gasteiger partial charge on any atom is -0.352 e. The molecule has 1 unspecified atom stereocenters. The molecule has 1 heterocycles. The highest BCUT2D eigenvalue weighted by molar-refractivity contribution is 7.86. The van der Waals surface area contributed by atoms with Gasteiger partial charge in [-0.2, -0.15) is 17.0 Å². The highest BCUT2D eigenvalue weighted by Crippen LogP contribution is 2.19. The second kappa shape index (κ2) is 5.97. The number of nitrogens with zero attached hydrogens (tertiary/aromatic N) is 3. The zero-order valence-corrected chi connectivity index (χ0v) is 13.2. The molecule has 2 rings (SSSR count). The van der Waals surface area contributed by atoms with Crippen LogP contribution in [0.3, 0.4) is 0 Å². The van der Waals surface area contributed by atoms with Crippen LogP contribution in [0.2, 0.25) is 0 Å². The number of rotatable bonds is 5. The van der Waals surface area contributed by atoms with Gasteiger partial charge >= 0.3 is 0 Å². The predicted octanol–water partition coefficient (Wildman–Crippen LogP) is -0.922. The molecular formula is C12H24N4O3S. The van der Waals surface area contributed by atoms with Gasteiger partial charge in [-0.25, -0.2) is 0 Å². The third kappa shape index (κ3) is 3.49. The summed E-state index contributed by atoms with van der Waals surface area (Å²) in [5, 5.41) is 2.99. The van der Waals surface area contributed by atoms with Crippen molar-refractivity contribution in [3.8, 4) is 0 Å². The number of hydrogen-bond acceptors (Lipinski definition) is 4. The molecule has 0 aromatic carbocycles. The van der Waals surface area contributed by atoms with E-state index >= 15 is 0 Å². The van der Waals surface area contributed by atoms with Crippen LogP contribution < -0.4 is 5.32 Å². The summed E-state index contributed by atoms with van der Waals surface area (Å²) in [6.07, 6.45) is 2.15. The molecule has 116 valence electrons. The fraction of sp³-hybridized carbons (Fsp3) is 0.917. The van der Waals surface area contributed by atoms with E-state index in [4.69, 9.17) is 0 Å². The topological polar surface area (TPSA) is 73.0 Å². The first-order chi connectivity index (χ1) is 9.32. The Morgan fingerprint density at radius 2 is 1.75 bits per heavy atom. The van der Waals surface area contributed by atoms with E-state index in [0.29, 0.717) is 32.2 Å². The van der Waals surface area contributed by atoms with Gasteiger partial charge in [0.25, 0.3) is 10.2 Å².